The lowest BCUT2D eigenvalue weighted by atomic mass is 9.94. The third-order valence-corrected chi connectivity index (χ3v) is 3.04. The molecule has 1 aromatic rings. The summed E-state index contributed by atoms with van der Waals surface area (Å²) in [6.45, 7) is 9.52. The molecular formula is C16H27NO2. The van der Waals surface area contributed by atoms with E-state index in [9.17, 15) is 0 Å². The van der Waals surface area contributed by atoms with Gasteiger partial charge in [-0.25, -0.2) is 0 Å². The molecule has 19 heavy (non-hydrogen) atoms. The van der Waals surface area contributed by atoms with Crippen LogP contribution < -0.4 is 5.73 Å². The molecule has 3 heteroatoms. The normalized spacial score (nSPS) is 14.9. The van der Waals surface area contributed by atoms with Crippen molar-refractivity contribution in [2.24, 2.45) is 11.7 Å². The minimum Gasteiger partial charge on any atom is -0.376 e. The van der Waals surface area contributed by atoms with E-state index in [-0.39, 0.29) is 18.2 Å². The molecule has 0 aliphatic carbocycles. The largest absolute Gasteiger partial charge is 0.376 e. The lowest BCUT2D eigenvalue weighted by molar-refractivity contribution is -0.0381. The molecule has 0 fully saturated rings. The number of hydrogen-bond acceptors (Lipinski definition) is 3. The van der Waals surface area contributed by atoms with Crippen LogP contribution in [0.1, 0.15) is 39.3 Å². The molecule has 1 rings (SSSR count). The first kappa shape index (κ1) is 16.2. The molecule has 0 radical (unpaired) electrons. The quantitative estimate of drug-likeness (QED) is 0.734. The van der Waals surface area contributed by atoms with Gasteiger partial charge in [0.05, 0.1) is 31.5 Å². The average molecular weight is 265 g/mol. The standard InChI is InChI=1S/C16H27NO2/c1-12(2)16(19-11-10-18-13(3)4)15(17)14-8-6-5-7-9-14/h5-9,12-13,15-16H,10-11,17H2,1-4H3. The summed E-state index contributed by atoms with van der Waals surface area (Å²) in [6.07, 6.45) is 0.252. The van der Waals surface area contributed by atoms with Crippen molar-refractivity contribution in [2.45, 2.75) is 45.9 Å². The van der Waals surface area contributed by atoms with Gasteiger partial charge in [-0.3, -0.25) is 0 Å². The van der Waals surface area contributed by atoms with Gasteiger partial charge in [-0.15, -0.1) is 0 Å². The molecule has 0 aliphatic rings. The smallest absolute Gasteiger partial charge is 0.0791 e. The molecule has 0 bridgehead atoms. The molecule has 0 saturated carbocycles. The van der Waals surface area contributed by atoms with Gasteiger partial charge in [-0.05, 0) is 25.3 Å². The number of nitrogens with two attached hydrogens (primary N) is 1. The first-order valence-corrected chi connectivity index (χ1v) is 7.06. The Kier molecular flexibility index (Phi) is 7.06. The minimum absolute atomic E-state index is 0.0122. The van der Waals surface area contributed by atoms with Gasteiger partial charge in [0.1, 0.15) is 0 Å². The monoisotopic (exact) mass is 265 g/mol. The molecule has 108 valence electrons. The first-order chi connectivity index (χ1) is 9.02. The summed E-state index contributed by atoms with van der Waals surface area (Å²) >= 11 is 0. The van der Waals surface area contributed by atoms with E-state index < -0.39 is 0 Å². The Morgan fingerprint density at radius 3 is 2.05 bits per heavy atom. The van der Waals surface area contributed by atoms with E-state index in [0.717, 1.165) is 5.56 Å². The fourth-order valence-corrected chi connectivity index (χ4v) is 2.04. The molecular weight excluding hydrogens is 238 g/mol. The average Bonchev–Trinajstić information content (AvgIpc) is 2.38. The maximum absolute atomic E-state index is 6.32. The Labute approximate surface area is 117 Å². The van der Waals surface area contributed by atoms with Gasteiger partial charge in [0.2, 0.25) is 0 Å². The number of benzene rings is 1. The van der Waals surface area contributed by atoms with Crippen LogP contribution in [0.4, 0.5) is 0 Å². The van der Waals surface area contributed by atoms with Crippen LogP contribution in [0.15, 0.2) is 30.3 Å². The van der Waals surface area contributed by atoms with E-state index in [0.29, 0.717) is 19.1 Å². The van der Waals surface area contributed by atoms with E-state index in [1.54, 1.807) is 0 Å². The van der Waals surface area contributed by atoms with E-state index in [1.165, 1.54) is 0 Å². The third kappa shape index (κ3) is 5.72. The highest BCUT2D eigenvalue weighted by molar-refractivity contribution is 5.19. The second-order valence-electron chi connectivity index (χ2n) is 5.44. The van der Waals surface area contributed by atoms with Crippen LogP contribution in [-0.4, -0.2) is 25.4 Å². The van der Waals surface area contributed by atoms with Gasteiger partial charge in [0, 0.05) is 0 Å². The zero-order valence-electron chi connectivity index (χ0n) is 12.5. The summed E-state index contributed by atoms with van der Waals surface area (Å²) in [6, 6.07) is 10.0. The molecule has 1 aromatic carbocycles. The van der Waals surface area contributed by atoms with Crippen LogP contribution in [0.3, 0.4) is 0 Å². The maximum Gasteiger partial charge on any atom is 0.0791 e. The highest BCUT2D eigenvalue weighted by atomic mass is 16.5. The summed E-state index contributed by atoms with van der Waals surface area (Å²) in [7, 11) is 0. The summed E-state index contributed by atoms with van der Waals surface area (Å²) in [5, 5.41) is 0. The van der Waals surface area contributed by atoms with Crippen molar-refractivity contribution in [2.75, 3.05) is 13.2 Å². The predicted octanol–water partition coefficient (Wildman–Crippen LogP) is 3.15. The van der Waals surface area contributed by atoms with Crippen molar-refractivity contribution in [3.05, 3.63) is 35.9 Å². The van der Waals surface area contributed by atoms with Crippen LogP contribution in [0.5, 0.6) is 0 Å². The van der Waals surface area contributed by atoms with Gasteiger partial charge < -0.3 is 15.2 Å². The van der Waals surface area contributed by atoms with E-state index in [4.69, 9.17) is 15.2 Å². The third-order valence-electron chi connectivity index (χ3n) is 3.04. The molecule has 0 aromatic heterocycles. The van der Waals surface area contributed by atoms with E-state index >= 15 is 0 Å². The van der Waals surface area contributed by atoms with Crippen molar-refractivity contribution in [3.8, 4) is 0 Å². The number of rotatable bonds is 8. The Balaban J connectivity index is 2.52. The van der Waals surface area contributed by atoms with Gasteiger partial charge in [0.15, 0.2) is 0 Å². The summed E-state index contributed by atoms with van der Waals surface area (Å²) in [5.74, 6) is 0.370. The van der Waals surface area contributed by atoms with E-state index in [2.05, 4.69) is 13.8 Å². The Bertz CT molecular complexity index is 338. The van der Waals surface area contributed by atoms with Crippen LogP contribution >= 0.6 is 0 Å². The van der Waals surface area contributed by atoms with Crippen LogP contribution in [0.25, 0.3) is 0 Å². The summed E-state index contributed by atoms with van der Waals surface area (Å²) in [5.41, 5.74) is 7.43. The molecule has 0 spiro atoms. The molecule has 3 nitrogen and oxygen atoms in total. The minimum atomic E-state index is -0.0970. The van der Waals surface area contributed by atoms with Crippen molar-refractivity contribution in [1.29, 1.82) is 0 Å². The van der Waals surface area contributed by atoms with Crippen LogP contribution in [-0.2, 0) is 9.47 Å². The number of ether oxygens (including phenoxy) is 2. The SMILES string of the molecule is CC(C)OCCOC(C(C)C)C(N)c1ccccc1. The fraction of sp³-hybridized carbons (Fsp3) is 0.625. The van der Waals surface area contributed by atoms with Gasteiger partial charge >= 0.3 is 0 Å². The maximum atomic E-state index is 6.32. The molecule has 0 heterocycles. The predicted molar refractivity (Wildman–Crippen MR) is 79.0 cm³/mol. The summed E-state index contributed by atoms with van der Waals surface area (Å²) < 4.78 is 11.4. The number of hydrogen-bond donors (Lipinski definition) is 1. The highest BCUT2D eigenvalue weighted by Crippen LogP contribution is 2.22. The van der Waals surface area contributed by atoms with Crippen molar-refractivity contribution in [3.63, 3.8) is 0 Å². The fourth-order valence-electron chi connectivity index (χ4n) is 2.04. The first-order valence-electron chi connectivity index (χ1n) is 7.06. The zero-order chi connectivity index (χ0) is 14.3. The van der Waals surface area contributed by atoms with Crippen molar-refractivity contribution < 1.29 is 9.47 Å². The lowest BCUT2D eigenvalue weighted by Gasteiger charge is -2.28. The molecule has 2 N–H and O–H groups in total. The Morgan fingerprint density at radius 1 is 0.947 bits per heavy atom. The van der Waals surface area contributed by atoms with Crippen molar-refractivity contribution in [1.82, 2.24) is 0 Å². The highest BCUT2D eigenvalue weighted by Gasteiger charge is 2.23. The van der Waals surface area contributed by atoms with Gasteiger partial charge in [0.25, 0.3) is 0 Å². The molecule has 0 amide bonds. The van der Waals surface area contributed by atoms with E-state index in [1.807, 2.05) is 44.2 Å². The van der Waals surface area contributed by atoms with Crippen LogP contribution in [0.2, 0.25) is 0 Å². The van der Waals surface area contributed by atoms with Gasteiger partial charge in [-0.2, -0.15) is 0 Å². The Morgan fingerprint density at radius 2 is 1.53 bits per heavy atom. The zero-order valence-corrected chi connectivity index (χ0v) is 12.5. The molecule has 0 saturated heterocycles. The topological polar surface area (TPSA) is 44.5 Å². The van der Waals surface area contributed by atoms with Gasteiger partial charge in [-0.1, -0.05) is 44.2 Å². The second-order valence-corrected chi connectivity index (χ2v) is 5.44. The second kappa shape index (κ2) is 8.31. The molecule has 0 aliphatic heterocycles. The van der Waals surface area contributed by atoms with Crippen molar-refractivity contribution >= 4 is 0 Å². The molecule has 2 atom stereocenters. The van der Waals surface area contributed by atoms with Crippen LogP contribution in [0, 0.1) is 5.92 Å². The summed E-state index contributed by atoms with van der Waals surface area (Å²) in [4.78, 5) is 0. The lowest BCUT2D eigenvalue weighted by Crippen LogP contribution is -2.34. The Hall–Kier alpha value is -0.900. The molecule has 2 unspecified atom stereocenters.